The van der Waals surface area contributed by atoms with Gasteiger partial charge in [-0.3, -0.25) is 24.0 Å². The molecule has 0 radical (unpaired) electrons. The smallest absolute Gasteiger partial charge is 0.245 e. The third-order valence-electron chi connectivity index (χ3n) is 10.9. The van der Waals surface area contributed by atoms with Crippen LogP contribution >= 0.6 is 11.3 Å². The minimum absolute atomic E-state index is 0.00804. The van der Waals surface area contributed by atoms with Crippen molar-refractivity contribution in [1.82, 2.24) is 30.7 Å². The van der Waals surface area contributed by atoms with Gasteiger partial charge in [-0.1, -0.05) is 71.4 Å². The first-order chi connectivity index (χ1) is 26.0. The number of ether oxygens (including phenoxy) is 2. The predicted molar refractivity (Wildman–Crippen MR) is 214 cm³/mol. The monoisotopic (exact) mass is 784 g/mol. The average Bonchev–Trinajstić information content (AvgIpc) is 3.86. The fraction of sp³-hybridized carbons (Fsp3) is 0.659. The highest BCUT2D eigenvalue weighted by atomic mass is 32.1. The quantitative estimate of drug-likeness (QED) is 0.177. The van der Waals surface area contributed by atoms with Gasteiger partial charge in [0, 0.05) is 46.3 Å². The number of carbonyl (C=O) groups is 5. The largest absolute Gasteiger partial charge is 0.379 e. The fourth-order valence-corrected chi connectivity index (χ4v) is 8.31. The number of hydrogen-bond acceptors (Lipinski definition) is 9. The molecule has 0 spiro atoms. The van der Waals surface area contributed by atoms with Crippen molar-refractivity contribution in [3.63, 3.8) is 0 Å². The van der Waals surface area contributed by atoms with Gasteiger partial charge in [-0.25, -0.2) is 4.98 Å². The highest BCUT2D eigenvalue weighted by Crippen LogP contribution is 2.30. The van der Waals surface area contributed by atoms with Crippen molar-refractivity contribution < 1.29 is 33.4 Å². The van der Waals surface area contributed by atoms with Crippen LogP contribution in [0, 0.1) is 17.8 Å². The number of nitrogens with one attached hydrogen (secondary N) is 3. The number of rotatable bonds is 20. The SMILES string of the molecule is CC[C@H](C)[C@@H]([C@@H](CC(=O)N1CCC[C@H]1[C@H](OC)[C@@H](C)C(=O)N[C@@H](Cc1ccccc1)c1nccs1)OC)N(C)C(=O)[C@@H](NC(=O)C(C)(C)NC(C)=O)C(C)C. The van der Waals surface area contributed by atoms with E-state index < -0.39 is 41.7 Å². The molecule has 0 saturated carbocycles. The first-order valence-electron chi connectivity index (χ1n) is 19.4. The van der Waals surface area contributed by atoms with Gasteiger partial charge in [-0.05, 0) is 50.5 Å². The number of aromatic nitrogens is 1. The van der Waals surface area contributed by atoms with Gasteiger partial charge in [0.15, 0.2) is 0 Å². The minimum Gasteiger partial charge on any atom is -0.379 e. The number of thiazole rings is 1. The molecule has 1 aliphatic rings. The fourth-order valence-electron chi connectivity index (χ4n) is 7.62. The van der Waals surface area contributed by atoms with E-state index >= 15 is 0 Å². The zero-order chi connectivity index (χ0) is 41.0. The molecule has 1 fully saturated rings. The van der Waals surface area contributed by atoms with Crippen molar-refractivity contribution >= 4 is 40.9 Å². The molecular formula is C41H64N6O7S. The summed E-state index contributed by atoms with van der Waals surface area (Å²) in [5.41, 5.74) is -0.150. The van der Waals surface area contributed by atoms with Crippen LogP contribution in [0.3, 0.4) is 0 Å². The zero-order valence-electron chi connectivity index (χ0n) is 34.6. The van der Waals surface area contributed by atoms with Crippen LogP contribution in [0.5, 0.6) is 0 Å². The van der Waals surface area contributed by atoms with Crippen LogP contribution in [0.4, 0.5) is 0 Å². The van der Waals surface area contributed by atoms with E-state index in [0.29, 0.717) is 25.8 Å². The lowest BCUT2D eigenvalue weighted by Gasteiger charge is -2.41. The van der Waals surface area contributed by atoms with E-state index in [2.05, 4.69) is 20.9 Å². The summed E-state index contributed by atoms with van der Waals surface area (Å²) in [7, 11) is 4.81. The molecule has 1 aromatic heterocycles. The highest BCUT2D eigenvalue weighted by molar-refractivity contribution is 7.09. The molecule has 55 heavy (non-hydrogen) atoms. The molecule has 1 aliphatic heterocycles. The highest BCUT2D eigenvalue weighted by Gasteiger charge is 2.43. The zero-order valence-corrected chi connectivity index (χ0v) is 35.4. The Morgan fingerprint density at radius 3 is 2.25 bits per heavy atom. The van der Waals surface area contributed by atoms with Crippen LogP contribution in [-0.4, -0.2) is 108 Å². The summed E-state index contributed by atoms with van der Waals surface area (Å²) in [5.74, 6) is -2.38. The van der Waals surface area contributed by atoms with Crippen LogP contribution in [-0.2, 0) is 39.9 Å². The summed E-state index contributed by atoms with van der Waals surface area (Å²) in [5, 5.41) is 11.4. The van der Waals surface area contributed by atoms with E-state index in [1.54, 1.807) is 46.2 Å². The first kappa shape index (κ1) is 45.5. The summed E-state index contributed by atoms with van der Waals surface area (Å²) in [6, 6.07) is 7.93. The van der Waals surface area contributed by atoms with E-state index in [9.17, 15) is 24.0 Å². The Balaban J connectivity index is 1.79. The molecule has 5 amide bonds. The van der Waals surface area contributed by atoms with Gasteiger partial charge in [-0.15, -0.1) is 11.3 Å². The molecule has 306 valence electrons. The number of benzene rings is 1. The van der Waals surface area contributed by atoms with Crippen molar-refractivity contribution in [1.29, 1.82) is 0 Å². The number of nitrogens with zero attached hydrogens (tertiary/aromatic N) is 3. The summed E-state index contributed by atoms with van der Waals surface area (Å²) in [4.78, 5) is 75.2. The maximum Gasteiger partial charge on any atom is 0.245 e. The molecule has 2 aromatic rings. The van der Waals surface area contributed by atoms with Gasteiger partial charge in [0.1, 0.15) is 16.6 Å². The second-order valence-corrected chi connectivity index (χ2v) is 16.6. The normalized spacial score (nSPS) is 18.4. The molecule has 13 nitrogen and oxygen atoms in total. The molecule has 0 aliphatic carbocycles. The van der Waals surface area contributed by atoms with Crippen LogP contribution in [0.1, 0.15) is 97.7 Å². The summed E-state index contributed by atoms with van der Waals surface area (Å²) in [6.45, 7) is 14.6. The van der Waals surface area contributed by atoms with Gasteiger partial charge < -0.3 is 35.2 Å². The third kappa shape index (κ3) is 12.1. The molecule has 14 heteroatoms. The number of hydrogen-bond donors (Lipinski definition) is 3. The Morgan fingerprint density at radius 1 is 1.04 bits per heavy atom. The molecule has 1 saturated heterocycles. The van der Waals surface area contributed by atoms with Gasteiger partial charge in [0.2, 0.25) is 29.5 Å². The Kier molecular flexibility index (Phi) is 17.3. The predicted octanol–water partition coefficient (Wildman–Crippen LogP) is 4.52. The van der Waals surface area contributed by atoms with E-state index in [1.165, 1.54) is 18.3 Å². The summed E-state index contributed by atoms with van der Waals surface area (Å²) < 4.78 is 12.0. The van der Waals surface area contributed by atoms with Crippen LogP contribution < -0.4 is 16.0 Å². The standard InChI is InChI=1S/C41H64N6O7S/c1-12-26(4)35(46(9)39(51)34(25(2)3)44-40(52)41(7,8)45-28(6)48)32(53-10)24-33(49)47-21-16-19-31(47)36(54-11)27(5)37(50)43-30(38-42-20-22-55-38)23-29-17-14-13-15-18-29/h13-15,17-18,20,22,25-27,30-32,34-36H,12,16,19,21,23-24H2,1-11H3,(H,43,50)(H,44,52)(H,45,48)/t26-,27+,30-,31-,32+,34-,35-,36+/m0/s1. The summed E-state index contributed by atoms with van der Waals surface area (Å²) in [6.07, 6.45) is 3.26. The van der Waals surface area contributed by atoms with E-state index in [4.69, 9.17) is 9.47 Å². The van der Waals surface area contributed by atoms with Crippen molar-refractivity contribution in [2.24, 2.45) is 17.8 Å². The maximum atomic E-state index is 14.3. The molecular weight excluding hydrogens is 721 g/mol. The molecule has 1 aromatic carbocycles. The average molecular weight is 785 g/mol. The summed E-state index contributed by atoms with van der Waals surface area (Å²) >= 11 is 1.49. The third-order valence-corrected chi connectivity index (χ3v) is 11.8. The number of amides is 5. The van der Waals surface area contributed by atoms with Crippen molar-refractivity contribution in [2.45, 2.75) is 129 Å². The molecule has 0 bridgehead atoms. The topological polar surface area (TPSA) is 159 Å². The van der Waals surface area contributed by atoms with E-state index in [0.717, 1.165) is 17.0 Å². The molecule has 3 N–H and O–H groups in total. The molecule has 8 atom stereocenters. The number of carbonyl (C=O) groups excluding carboxylic acids is 5. The van der Waals surface area contributed by atoms with Crippen LogP contribution in [0.25, 0.3) is 0 Å². The lowest BCUT2D eigenvalue weighted by Crippen LogP contribution is -2.62. The van der Waals surface area contributed by atoms with E-state index in [1.807, 2.05) is 75.2 Å². The number of methoxy groups -OCH3 is 2. The van der Waals surface area contributed by atoms with Gasteiger partial charge in [0.25, 0.3) is 0 Å². The molecule has 2 heterocycles. The van der Waals surface area contributed by atoms with E-state index in [-0.39, 0.29) is 54.0 Å². The Morgan fingerprint density at radius 2 is 1.71 bits per heavy atom. The lowest BCUT2D eigenvalue weighted by molar-refractivity contribution is -0.148. The Bertz CT molecular complexity index is 1560. The van der Waals surface area contributed by atoms with Crippen LogP contribution in [0.15, 0.2) is 41.9 Å². The second-order valence-electron chi connectivity index (χ2n) is 15.7. The number of likely N-dealkylation sites (tertiary alicyclic amines) is 1. The van der Waals surface area contributed by atoms with Gasteiger partial charge in [0.05, 0.1) is 42.7 Å². The van der Waals surface area contributed by atoms with Crippen LogP contribution in [0.2, 0.25) is 0 Å². The molecule has 3 rings (SSSR count). The molecule has 0 unspecified atom stereocenters. The van der Waals surface area contributed by atoms with Crippen molar-refractivity contribution in [3.05, 3.63) is 52.5 Å². The Hall–Kier alpha value is -3.88. The lowest BCUT2D eigenvalue weighted by atomic mass is 9.89. The minimum atomic E-state index is -1.23. The Labute approximate surface area is 331 Å². The second kappa shape index (κ2) is 20.9. The van der Waals surface area contributed by atoms with Crippen molar-refractivity contribution in [2.75, 3.05) is 27.8 Å². The maximum absolute atomic E-state index is 14.3. The first-order valence-corrected chi connectivity index (χ1v) is 20.3. The van der Waals surface area contributed by atoms with Gasteiger partial charge in [-0.2, -0.15) is 0 Å². The van der Waals surface area contributed by atoms with Gasteiger partial charge >= 0.3 is 0 Å². The van der Waals surface area contributed by atoms with Crippen molar-refractivity contribution in [3.8, 4) is 0 Å². The number of likely N-dealkylation sites (N-methyl/N-ethyl adjacent to an activating group) is 1.